The van der Waals surface area contributed by atoms with Crippen LogP contribution in [-0.4, -0.2) is 0 Å². The summed E-state index contributed by atoms with van der Waals surface area (Å²) in [5.41, 5.74) is 4.23. The van der Waals surface area contributed by atoms with Crippen molar-refractivity contribution < 1.29 is 0 Å². The summed E-state index contributed by atoms with van der Waals surface area (Å²) in [5.74, 6) is 0.399. The van der Waals surface area contributed by atoms with Gasteiger partial charge in [-0.2, -0.15) is 0 Å². The molecule has 0 heterocycles. The van der Waals surface area contributed by atoms with E-state index in [9.17, 15) is 0 Å². The van der Waals surface area contributed by atoms with E-state index >= 15 is 0 Å². The molecule has 0 aromatic heterocycles. The summed E-state index contributed by atoms with van der Waals surface area (Å²) >= 11 is 0. The summed E-state index contributed by atoms with van der Waals surface area (Å²) in [6.45, 7) is 4.41. The Morgan fingerprint density at radius 1 is 0.857 bits per heavy atom. The van der Waals surface area contributed by atoms with Crippen LogP contribution in [0.3, 0.4) is 0 Å². The van der Waals surface area contributed by atoms with Crippen molar-refractivity contribution in [2.24, 2.45) is 0 Å². The zero-order valence-electron chi connectivity index (χ0n) is 12.4. The molecule has 0 aliphatic heterocycles. The van der Waals surface area contributed by atoms with Gasteiger partial charge < -0.3 is 0 Å². The van der Waals surface area contributed by atoms with E-state index in [1.807, 2.05) is 0 Å². The molecule has 0 spiro atoms. The van der Waals surface area contributed by atoms with Gasteiger partial charge in [-0.1, -0.05) is 66.3 Å². The first-order valence-electron chi connectivity index (χ1n) is 7.52. The van der Waals surface area contributed by atoms with E-state index < -0.39 is 0 Å². The molecule has 2 aromatic rings. The van der Waals surface area contributed by atoms with Crippen molar-refractivity contribution in [1.82, 2.24) is 0 Å². The summed E-state index contributed by atoms with van der Waals surface area (Å²) in [7, 11) is 0. The van der Waals surface area contributed by atoms with Crippen LogP contribution in [0.2, 0.25) is 0 Å². The largest absolute Gasteiger partial charge is 0.0732 e. The van der Waals surface area contributed by atoms with Crippen molar-refractivity contribution >= 4 is 11.6 Å². The van der Waals surface area contributed by atoms with Crippen molar-refractivity contribution in [3.63, 3.8) is 0 Å². The van der Waals surface area contributed by atoms with E-state index in [2.05, 4.69) is 80.6 Å². The zero-order valence-corrected chi connectivity index (χ0v) is 12.4. The van der Waals surface area contributed by atoms with Gasteiger partial charge in [0.25, 0.3) is 0 Å². The molecule has 0 atom stereocenters. The molecule has 0 heteroatoms. The van der Waals surface area contributed by atoms with E-state index in [4.69, 9.17) is 0 Å². The Morgan fingerprint density at radius 2 is 1.62 bits per heavy atom. The number of hydrogen-bond donors (Lipinski definition) is 0. The van der Waals surface area contributed by atoms with E-state index in [0.717, 1.165) is 0 Å². The number of allylic oxidation sites excluding steroid dienone is 4. The first-order valence-corrected chi connectivity index (χ1v) is 7.52. The second-order valence-electron chi connectivity index (χ2n) is 6.02. The third-order valence-corrected chi connectivity index (χ3v) is 4.46. The lowest BCUT2D eigenvalue weighted by molar-refractivity contribution is 1.07. The molecule has 0 unspecified atom stereocenters. The van der Waals surface area contributed by atoms with Crippen LogP contribution in [-0.2, 0) is 0 Å². The van der Waals surface area contributed by atoms with Crippen LogP contribution in [0.15, 0.2) is 60.7 Å². The van der Waals surface area contributed by atoms with Gasteiger partial charge in [-0.15, -0.1) is 0 Å². The Hall–Kier alpha value is -2.34. The maximum Gasteiger partial charge on any atom is 0.0216 e. The fourth-order valence-corrected chi connectivity index (χ4v) is 3.47. The van der Waals surface area contributed by atoms with Gasteiger partial charge in [-0.25, -0.2) is 0 Å². The minimum atomic E-state index is 0.399. The molecule has 0 bridgehead atoms. The van der Waals surface area contributed by atoms with Crippen LogP contribution in [0.1, 0.15) is 30.9 Å². The maximum absolute atomic E-state index is 2.35. The molecule has 0 nitrogen and oxygen atoms in total. The van der Waals surface area contributed by atoms with Crippen LogP contribution >= 0.6 is 0 Å². The third-order valence-electron chi connectivity index (χ3n) is 4.46. The molecule has 0 N–H and O–H groups in total. The minimum absolute atomic E-state index is 0.399. The average Bonchev–Trinajstić information content (AvgIpc) is 3.13. The Morgan fingerprint density at radius 3 is 2.38 bits per heavy atom. The van der Waals surface area contributed by atoms with Gasteiger partial charge >= 0.3 is 0 Å². The molecule has 2 aliphatic rings. The van der Waals surface area contributed by atoms with Gasteiger partial charge in [0.1, 0.15) is 0 Å². The topological polar surface area (TPSA) is 0 Å². The van der Waals surface area contributed by atoms with Crippen molar-refractivity contribution in [1.29, 1.82) is 0 Å². The number of benzene rings is 2. The van der Waals surface area contributed by atoms with Crippen LogP contribution in [0.5, 0.6) is 0 Å². The zero-order chi connectivity index (χ0) is 14.4. The normalized spacial score (nSPS) is 15.0. The molecule has 0 fully saturated rings. The molecular formula is C21H18. The molecular weight excluding hydrogens is 252 g/mol. The lowest BCUT2D eigenvalue weighted by Crippen LogP contribution is -2.15. The lowest BCUT2D eigenvalue weighted by Gasteiger charge is -2.13. The maximum atomic E-state index is 2.35. The van der Waals surface area contributed by atoms with Crippen molar-refractivity contribution in [2.45, 2.75) is 19.8 Å². The van der Waals surface area contributed by atoms with Crippen molar-refractivity contribution in [3.8, 4) is 0 Å². The fourth-order valence-electron chi connectivity index (χ4n) is 3.47. The fraction of sp³-hybridized carbons (Fsp3) is 0.143. The van der Waals surface area contributed by atoms with Gasteiger partial charge in [0.2, 0.25) is 0 Å². The van der Waals surface area contributed by atoms with E-state index in [-0.39, 0.29) is 0 Å². The standard InChI is InChI=1S/C21H18/c1-14(2)17-11-12-19-18-10-6-5-9-16(18)13-20(19)21(17)15-7-3-4-8-15/h3-13,15H,1-2H3. The highest BCUT2D eigenvalue weighted by molar-refractivity contribution is 5.64. The van der Waals surface area contributed by atoms with Gasteiger partial charge in [-0.05, 0) is 51.9 Å². The van der Waals surface area contributed by atoms with Crippen LogP contribution < -0.4 is 10.4 Å². The summed E-state index contributed by atoms with van der Waals surface area (Å²) in [6, 6.07) is 13.3. The first kappa shape index (κ1) is 12.4. The molecule has 0 saturated carbocycles. The van der Waals surface area contributed by atoms with E-state index in [1.54, 1.807) is 0 Å². The first-order chi connectivity index (χ1) is 10.3. The summed E-state index contributed by atoms with van der Waals surface area (Å²) < 4.78 is 0. The van der Waals surface area contributed by atoms with Crippen LogP contribution in [0.25, 0.3) is 11.6 Å². The monoisotopic (exact) mass is 270 g/mol. The quantitative estimate of drug-likeness (QED) is 0.635. The molecule has 0 radical (unpaired) electrons. The van der Waals surface area contributed by atoms with Gasteiger partial charge in [0.05, 0.1) is 0 Å². The van der Waals surface area contributed by atoms with Gasteiger partial charge in [-0.3, -0.25) is 0 Å². The highest BCUT2D eigenvalue weighted by Crippen LogP contribution is 2.26. The smallest absolute Gasteiger partial charge is 0.0216 e. The minimum Gasteiger partial charge on any atom is -0.0732 e. The molecule has 4 rings (SSSR count). The highest BCUT2D eigenvalue weighted by Gasteiger charge is 2.16. The highest BCUT2D eigenvalue weighted by atomic mass is 14.2. The summed E-state index contributed by atoms with van der Waals surface area (Å²) in [4.78, 5) is 0. The number of hydrogen-bond acceptors (Lipinski definition) is 0. The van der Waals surface area contributed by atoms with Crippen molar-refractivity contribution in [3.05, 3.63) is 92.7 Å². The van der Waals surface area contributed by atoms with Gasteiger partial charge in [0, 0.05) is 5.92 Å². The van der Waals surface area contributed by atoms with Crippen LogP contribution in [0, 0.1) is 10.4 Å². The Kier molecular flexibility index (Phi) is 2.71. The molecule has 0 saturated heterocycles. The summed E-state index contributed by atoms with van der Waals surface area (Å²) in [6.07, 6.45) is 11.2. The molecule has 21 heavy (non-hydrogen) atoms. The number of fused-ring (bicyclic) bond motifs is 2. The molecule has 2 aromatic carbocycles. The van der Waals surface area contributed by atoms with Crippen molar-refractivity contribution in [2.75, 3.05) is 0 Å². The van der Waals surface area contributed by atoms with Crippen LogP contribution in [0.4, 0.5) is 0 Å². The Balaban J connectivity index is 2.20. The Bertz CT molecular complexity index is 985. The van der Waals surface area contributed by atoms with E-state index in [1.165, 1.54) is 37.6 Å². The third kappa shape index (κ3) is 1.83. The predicted octanol–water partition coefficient (Wildman–Crippen LogP) is 3.52. The molecule has 2 aliphatic carbocycles. The average molecular weight is 270 g/mol. The van der Waals surface area contributed by atoms with Gasteiger partial charge in [0.15, 0.2) is 0 Å². The second kappa shape index (κ2) is 4.60. The number of rotatable bonds is 1. The SMILES string of the molecule is CC(C)=c1ccc2c(c1C1C=CC=C1)C=c1ccccc1=2. The lowest BCUT2D eigenvalue weighted by atomic mass is 9.91. The Labute approximate surface area is 124 Å². The molecule has 0 amide bonds. The van der Waals surface area contributed by atoms with E-state index in [0.29, 0.717) is 5.92 Å². The molecule has 102 valence electrons. The second-order valence-corrected chi connectivity index (χ2v) is 6.02. The summed E-state index contributed by atoms with van der Waals surface area (Å²) in [5, 5.41) is 5.46. The predicted molar refractivity (Wildman–Crippen MR) is 89.2 cm³/mol.